The van der Waals surface area contributed by atoms with Gasteiger partial charge >= 0.3 is 5.97 Å². The van der Waals surface area contributed by atoms with Crippen LogP contribution in [-0.4, -0.2) is 32.1 Å². The Balaban J connectivity index is 0.00000176. The molecule has 2 unspecified atom stereocenters. The molecule has 1 aromatic carbocycles. The van der Waals surface area contributed by atoms with E-state index < -0.39 is 11.9 Å². The second kappa shape index (κ2) is 11.8. The number of hydrogen-bond acceptors (Lipinski definition) is 6. The average molecular weight is 398 g/mol. The molecular weight excluding hydrogens is 367 g/mol. The third-order valence-corrected chi connectivity index (χ3v) is 4.68. The van der Waals surface area contributed by atoms with Gasteiger partial charge in [0.25, 0.3) is 0 Å². The first kappa shape index (κ1) is 23.2. The van der Waals surface area contributed by atoms with Gasteiger partial charge in [0.05, 0.1) is 29.4 Å². The van der Waals surface area contributed by atoms with E-state index in [1.807, 2.05) is 0 Å². The summed E-state index contributed by atoms with van der Waals surface area (Å²) in [5, 5.41) is 0. The fraction of sp³-hybridized carbons (Fsp3) is 0.600. The lowest BCUT2D eigenvalue weighted by atomic mass is 9.76. The highest BCUT2D eigenvalue weighted by Gasteiger charge is 2.39. The number of hydrogen-bond donors (Lipinski definition) is 0. The molecule has 2 atom stereocenters. The summed E-state index contributed by atoms with van der Waals surface area (Å²) in [5.41, 5.74) is 0.323. The average Bonchev–Trinajstić information content (AvgIpc) is 2.69. The molecule has 7 heteroatoms. The lowest BCUT2D eigenvalue weighted by Crippen LogP contribution is -2.35. The molecule has 0 radical (unpaired) electrons. The van der Waals surface area contributed by atoms with Crippen LogP contribution in [0.15, 0.2) is 18.2 Å². The molecule has 0 amide bonds. The third-order valence-electron chi connectivity index (χ3n) is 4.68. The van der Waals surface area contributed by atoms with Gasteiger partial charge in [0, 0.05) is 0 Å². The van der Waals surface area contributed by atoms with Gasteiger partial charge in [-0.1, -0.05) is 25.3 Å². The molecule has 1 aromatic rings. The molecule has 0 spiro atoms. The molecule has 6 nitrogen and oxygen atoms in total. The summed E-state index contributed by atoms with van der Waals surface area (Å²) in [6.07, 6.45) is 4.68. The molecule has 0 bridgehead atoms. The molecule has 2 rings (SSSR count). The van der Waals surface area contributed by atoms with Crippen molar-refractivity contribution in [3.8, 4) is 11.5 Å². The van der Waals surface area contributed by atoms with Crippen LogP contribution in [-0.2, 0) is 14.1 Å². The van der Waals surface area contributed by atoms with Crippen molar-refractivity contribution in [3.05, 3.63) is 23.8 Å². The van der Waals surface area contributed by atoms with Crippen molar-refractivity contribution in [1.29, 1.82) is 0 Å². The Kier molecular flexibility index (Phi) is 10.2. The molecule has 152 valence electrons. The van der Waals surface area contributed by atoms with E-state index >= 15 is 0 Å². The van der Waals surface area contributed by atoms with Crippen molar-refractivity contribution >= 4 is 20.9 Å². The quantitative estimate of drug-likeness (QED) is 0.299. The first-order valence-corrected chi connectivity index (χ1v) is 9.81. The van der Waals surface area contributed by atoms with Crippen LogP contribution in [0.25, 0.3) is 0 Å². The van der Waals surface area contributed by atoms with Crippen molar-refractivity contribution in [2.24, 2.45) is 11.8 Å². The maximum Gasteiger partial charge on any atom is 0.317 e. The minimum atomic E-state index is -0.812. The lowest BCUT2D eigenvalue weighted by molar-refractivity contribution is -0.152. The standard InChI is InChI=1S/C20H28O5.H3OP/c1-13(2)25-20(22)17(14-9-6-5-7-10-14)19(21)18-15(23-3)11-8-12-16(18)24-4;1-2/h8,11-14,17H,5-7,9-10H2,1-4H3;2H3. The molecule has 0 aromatic heterocycles. The largest absolute Gasteiger partial charge is 0.496 e. The monoisotopic (exact) mass is 398 g/mol. The zero-order chi connectivity index (χ0) is 20.4. The van der Waals surface area contributed by atoms with Gasteiger partial charge in [-0.15, -0.1) is 0 Å². The number of carbonyl (C=O) groups is 2. The number of Topliss-reactive ketones (excluding diaryl/α,β-unsaturated/α-hetero) is 1. The second-order valence-corrected chi connectivity index (χ2v) is 6.76. The highest BCUT2D eigenvalue weighted by atomic mass is 31.0. The number of esters is 1. The number of ether oxygens (including phenoxy) is 3. The summed E-state index contributed by atoms with van der Waals surface area (Å²) in [6.45, 7) is 3.59. The summed E-state index contributed by atoms with van der Waals surface area (Å²) in [4.78, 5) is 26.1. The van der Waals surface area contributed by atoms with Gasteiger partial charge < -0.3 is 18.8 Å². The van der Waals surface area contributed by atoms with Gasteiger partial charge in [0.15, 0.2) is 5.78 Å². The maximum atomic E-state index is 13.4. The number of carbonyl (C=O) groups excluding carboxylic acids is 2. The van der Waals surface area contributed by atoms with E-state index in [4.69, 9.17) is 18.8 Å². The van der Waals surface area contributed by atoms with Crippen LogP contribution in [0.2, 0.25) is 0 Å². The van der Waals surface area contributed by atoms with E-state index in [0.717, 1.165) is 32.1 Å². The summed E-state index contributed by atoms with van der Waals surface area (Å²) in [7, 11) is 3.63. The van der Waals surface area contributed by atoms with E-state index in [9.17, 15) is 9.59 Å². The van der Waals surface area contributed by atoms with Crippen molar-refractivity contribution in [1.82, 2.24) is 0 Å². The van der Waals surface area contributed by atoms with Gasteiger partial charge in [-0.2, -0.15) is 0 Å². The zero-order valence-corrected chi connectivity index (χ0v) is 18.1. The van der Waals surface area contributed by atoms with Gasteiger partial charge in [0.1, 0.15) is 23.0 Å². The van der Waals surface area contributed by atoms with Crippen LogP contribution < -0.4 is 9.47 Å². The van der Waals surface area contributed by atoms with Crippen molar-refractivity contribution in [2.45, 2.75) is 52.1 Å². The number of methoxy groups -OCH3 is 2. The predicted molar refractivity (Wildman–Crippen MR) is 107 cm³/mol. The molecular formula is C20H31O6P. The van der Waals surface area contributed by atoms with E-state index in [1.54, 1.807) is 32.0 Å². The lowest BCUT2D eigenvalue weighted by Gasteiger charge is -2.29. The molecule has 1 saturated carbocycles. The Morgan fingerprint density at radius 1 is 1.00 bits per heavy atom. The third kappa shape index (κ3) is 6.10. The summed E-state index contributed by atoms with van der Waals surface area (Å²) >= 11 is 0. The molecule has 0 heterocycles. The minimum absolute atomic E-state index is 0.00196. The predicted octanol–water partition coefficient (Wildman–Crippen LogP) is 3.97. The number of ketones is 1. The first-order valence-electron chi connectivity index (χ1n) is 9.24. The first-order chi connectivity index (χ1) is 13.0. The molecule has 1 aliphatic carbocycles. The van der Waals surface area contributed by atoms with Crippen LogP contribution >= 0.6 is 9.12 Å². The van der Waals surface area contributed by atoms with Crippen LogP contribution in [0.4, 0.5) is 0 Å². The van der Waals surface area contributed by atoms with Gasteiger partial charge in [0.2, 0.25) is 0 Å². The zero-order valence-electron chi connectivity index (χ0n) is 16.7. The highest BCUT2D eigenvalue weighted by Crippen LogP contribution is 2.37. The smallest absolute Gasteiger partial charge is 0.317 e. The number of benzene rings is 1. The minimum Gasteiger partial charge on any atom is -0.496 e. The van der Waals surface area contributed by atoms with E-state index in [-0.39, 0.29) is 17.8 Å². The van der Waals surface area contributed by atoms with Crippen LogP contribution in [0.1, 0.15) is 56.3 Å². The van der Waals surface area contributed by atoms with Crippen molar-refractivity contribution in [3.63, 3.8) is 0 Å². The van der Waals surface area contributed by atoms with E-state index in [0.29, 0.717) is 26.2 Å². The Hall–Kier alpha value is -1.81. The Labute approximate surface area is 163 Å². The van der Waals surface area contributed by atoms with Crippen LogP contribution in [0.3, 0.4) is 0 Å². The number of rotatable bonds is 7. The SMILES string of the molecule is COc1cccc(OC)c1C(=O)C(C(=O)OC(C)C)C1CCCCC1.O=[PH3]. The van der Waals surface area contributed by atoms with Gasteiger partial charge in [-0.25, -0.2) is 0 Å². The van der Waals surface area contributed by atoms with Crippen molar-refractivity contribution in [2.75, 3.05) is 14.2 Å². The summed E-state index contributed by atoms with van der Waals surface area (Å²) in [5.74, 6) is -0.688. The second-order valence-electron chi connectivity index (χ2n) is 6.76. The molecule has 0 saturated heterocycles. The topological polar surface area (TPSA) is 78.9 Å². The van der Waals surface area contributed by atoms with E-state index in [2.05, 4.69) is 0 Å². The fourth-order valence-corrected chi connectivity index (χ4v) is 3.54. The molecule has 27 heavy (non-hydrogen) atoms. The Morgan fingerprint density at radius 3 is 1.96 bits per heavy atom. The van der Waals surface area contributed by atoms with Gasteiger partial charge in [-0.3, -0.25) is 9.59 Å². The summed E-state index contributed by atoms with van der Waals surface area (Å²) < 4.78 is 24.4. The van der Waals surface area contributed by atoms with Crippen LogP contribution in [0, 0.1) is 11.8 Å². The Bertz CT molecular complexity index is 603. The molecule has 1 fully saturated rings. The maximum absolute atomic E-state index is 13.4. The van der Waals surface area contributed by atoms with Gasteiger partial charge in [-0.05, 0) is 44.7 Å². The molecule has 1 aliphatic rings. The Morgan fingerprint density at radius 2 is 1.52 bits per heavy atom. The molecule has 0 aliphatic heterocycles. The van der Waals surface area contributed by atoms with Crippen LogP contribution in [0.5, 0.6) is 11.5 Å². The summed E-state index contributed by atoms with van der Waals surface area (Å²) in [6, 6.07) is 5.18. The van der Waals surface area contributed by atoms with Crippen molar-refractivity contribution < 1.29 is 28.4 Å². The highest BCUT2D eigenvalue weighted by molar-refractivity contribution is 7.00. The molecule has 0 N–H and O–H groups in total. The normalized spacial score (nSPS) is 15.4. The fourth-order valence-electron chi connectivity index (χ4n) is 3.54. The van der Waals surface area contributed by atoms with E-state index in [1.165, 1.54) is 14.2 Å².